The summed E-state index contributed by atoms with van der Waals surface area (Å²) < 4.78 is 0. The zero-order valence-corrected chi connectivity index (χ0v) is 15.6. The molecule has 0 atom stereocenters. The highest BCUT2D eigenvalue weighted by Gasteiger charge is 2.12. The molecule has 0 radical (unpaired) electrons. The molecule has 0 bridgehead atoms. The molecule has 0 aromatic heterocycles. The molecular formula is C16H28IN3. The van der Waals surface area contributed by atoms with Crippen molar-refractivity contribution in [3.05, 3.63) is 35.4 Å². The van der Waals surface area contributed by atoms with Gasteiger partial charge in [0.15, 0.2) is 5.96 Å². The number of hydrogen-bond acceptors (Lipinski definition) is 1. The molecular weight excluding hydrogens is 361 g/mol. The van der Waals surface area contributed by atoms with Gasteiger partial charge in [-0.15, -0.1) is 24.0 Å². The first-order chi connectivity index (χ1) is 8.79. The van der Waals surface area contributed by atoms with Crippen molar-refractivity contribution in [2.24, 2.45) is 16.6 Å². The van der Waals surface area contributed by atoms with E-state index < -0.39 is 0 Å². The van der Waals surface area contributed by atoms with Crippen LogP contribution in [-0.2, 0) is 12.0 Å². The van der Waals surface area contributed by atoms with Gasteiger partial charge in [0.1, 0.15) is 0 Å². The molecule has 1 aromatic rings. The molecule has 0 saturated heterocycles. The van der Waals surface area contributed by atoms with Gasteiger partial charge in [-0.05, 0) is 22.5 Å². The van der Waals surface area contributed by atoms with E-state index in [-0.39, 0.29) is 29.4 Å². The summed E-state index contributed by atoms with van der Waals surface area (Å²) in [6.07, 6.45) is 0. The lowest BCUT2D eigenvalue weighted by atomic mass is 9.87. The molecule has 0 aliphatic heterocycles. The summed E-state index contributed by atoms with van der Waals surface area (Å²) in [7, 11) is 0. The molecule has 3 N–H and O–H groups in total. The summed E-state index contributed by atoms with van der Waals surface area (Å²) >= 11 is 0. The first-order valence-corrected chi connectivity index (χ1v) is 6.92. The standard InChI is InChI=1S/C16H27N3.HI/c1-12(2)10-18-15(17)19-11-13-6-8-14(9-7-13)16(3,4)5;/h6-9,12H,10-11H2,1-5H3,(H3,17,18,19);1H. The molecule has 4 heteroatoms. The van der Waals surface area contributed by atoms with Gasteiger partial charge >= 0.3 is 0 Å². The molecule has 0 spiro atoms. The third-order valence-electron chi connectivity index (χ3n) is 2.94. The van der Waals surface area contributed by atoms with Crippen LogP contribution in [0.1, 0.15) is 45.7 Å². The summed E-state index contributed by atoms with van der Waals surface area (Å²) in [5, 5.41) is 3.12. The fraction of sp³-hybridized carbons (Fsp3) is 0.562. The van der Waals surface area contributed by atoms with Gasteiger partial charge in [0, 0.05) is 6.54 Å². The van der Waals surface area contributed by atoms with Crippen molar-refractivity contribution in [2.75, 3.05) is 6.54 Å². The molecule has 0 heterocycles. The summed E-state index contributed by atoms with van der Waals surface area (Å²) in [6.45, 7) is 12.4. The van der Waals surface area contributed by atoms with Crippen molar-refractivity contribution in [2.45, 2.75) is 46.6 Å². The van der Waals surface area contributed by atoms with E-state index >= 15 is 0 Å². The lowest BCUT2D eigenvalue weighted by Gasteiger charge is -2.19. The number of guanidine groups is 1. The van der Waals surface area contributed by atoms with Crippen LogP contribution in [0.4, 0.5) is 0 Å². The van der Waals surface area contributed by atoms with Crippen LogP contribution < -0.4 is 11.1 Å². The van der Waals surface area contributed by atoms with Crippen molar-refractivity contribution < 1.29 is 0 Å². The highest BCUT2D eigenvalue weighted by Crippen LogP contribution is 2.22. The summed E-state index contributed by atoms with van der Waals surface area (Å²) in [5.41, 5.74) is 8.52. The van der Waals surface area contributed by atoms with Crippen LogP contribution in [-0.4, -0.2) is 12.5 Å². The lowest BCUT2D eigenvalue weighted by Crippen LogP contribution is -2.34. The maximum absolute atomic E-state index is 5.81. The molecule has 0 saturated carbocycles. The van der Waals surface area contributed by atoms with Gasteiger partial charge in [0.05, 0.1) is 6.54 Å². The van der Waals surface area contributed by atoms with Gasteiger partial charge in [-0.2, -0.15) is 0 Å². The van der Waals surface area contributed by atoms with E-state index in [0.717, 1.165) is 6.54 Å². The minimum Gasteiger partial charge on any atom is -0.370 e. The molecule has 0 aliphatic rings. The van der Waals surface area contributed by atoms with Crippen molar-refractivity contribution in [3.8, 4) is 0 Å². The highest BCUT2D eigenvalue weighted by atomic mass is 127. The van der Waals surface area contributed by atoms with Crippen molar-refractivity contribution in [3.63, 3.8) is 0 Å². The topological polar surface area (TPSA) is 50.4 Å². The Hall–Kier alpha value is -0.780. The van der Waals surface area contributed by atoms with Crippen LogP contribution in [0.15, 0.2) is 29.3 Å². The Balaban J connectivity index is 0.00000361. The largest absolute Gasteiger partial charge is 0.370 e. The average Bonchev–Trinajstić information content (AvgIpc) is 2.33. The molecule has 0 amide bonds. The summed E-state index contributed by atoms with van der Waals surface area (Å²) in [4.78, 5) is 4.34. The van der Waals surface area contributed by atoms with Crippen molar-refractivity contribution in [1.82, 2.24) is 5.32 Å². The van der Waals surface area contributed by atoms with Crippen LogP contribution >= 0.6 is 24.0 Å². The fourth-order valence-electron chi connectivity index (χ4n) is 1.65. The second-order valence-electron chi connectivity index (χ2n) is 6.42. The Bertz CT molecular complexity index is 416. The first kappa shape index (κ1) is 19.2. The molecule has 0 aliphatic carbocycles. The number of nitrogens with zero attached hydrogens (tertiary/aromatic N) is 1. The fourth-order valence-corrected chi connectivity index (χ4v) is 1.65. The molecule has 1 rings (SSSR count). The van der Waals surface area contributed by atoms with E-state index in [1.165, 1.54) is 11.1 Å². The SMILES string of the molecule is CC(C)CNC(N)=NCc1ccc(C(C)(C)C)cc1.I. The van der Waals surface area contributed by atoms with Gasteiger partial charge in [-0.25, -0.2) is 4.99 Å². The third kappa shape index (κ3) is 7.12. The van der Waals surface area contributed by atoms with Crippen LogP contribution in [0.5, 0.6) is 0 Å². The minimum atomic E-state index is 0. The number of aliphatic imine (C=N–C) groups is 1. The van der Waals surface area contributed by atoms with Crippen LogP contribution in [0.2, 0.25) is 0 Å². The first-order valence-electron chi connectivity index (χ1n) is 6.92. The zero-order valence-electron chi connectivity index (χ0n) is 13.2. The zero-order chi connectivity index (χ0) is 14.5. The van der Waals surface area contributed by atoms with Gasteiger partial charge in [-0.3, -0.25) is 0 Å². The van der Waals surface area contributed by atoms with Gasteiger partial charge in [0.2, 0.25) is 0 Å². The highest BCUT2D eigenvalue weighted by molar-refractivity contribution is 14.0. The smallest absolute Gasteiger partial charge is 0.188 e. The van der Waals surface area contributed by atoms with E-state index in [2.05, 4.69) is 69.2 Å². The Morgan fingerprint density at radius 1 is 1.20 bits per heavy atom. The van der Waals surface area contributed by atoms with E-state index in [1.807, 2.05) is 0 Å². The normalized spacial score (nSPS) is 12.2. The molecule has 0 unspecified atom stereocenters. The van der Waals surface area contributed by atoms with Crippen LogP contribution in [0.3, 0.4) is 0 Å². The monoisotopic (exact) mass is 389 g/mol. The van der Waals surface area contributed by atoms with Crippen molar-refractivity contribution in [1.29, 1.82) is 0 Å². The van der Waals surface area contributed by atoms with Crippen LogP contribution in [0, 0.1) is 5.92 Å². The number of nitrogens with one attached hydrogen (secondary N) is 1. The van der Waals surface area contributed by atoms with Crippen LogP contribution in [0.25, 0.3) is 0 Å². The number of nitrogens with two attached hydrogens (primary N) is 1. The summed E-state index contributed by atoms with van der Waals surface area (Å²) in [6, 6.07) is 8.59. The van der Waals surface area contributed by atoms with E-state index in [0.29, 0.717) is 18.4 Å². The maximum atomic E-state index is 5.81. The predicted molar refractivity (Wildman–Crippen MR) is 98.7 cm³/mol. The van der Waals surface area contributed by atoms with Crippen molar-refractivity contribution >= 4 is 29.9 Å². The van der Waals surface area contributed by atoms with E-state index in [4.69, 9.17) is 5.73 Å². The summed E-state index contributed by atoms with van der Waals surface area (Å²) in [5.74, 6) is 1.09. The predicted octanol–water partition coefficient (Wildman–Crippen LogP) is 3.66. The molecule has 3 nitrogen and oxygen atoms in total. The number of hydrogen-bond donors (Lipinski definition) is 2. The Morgan fingerprint density at radius 2 is 1.75 bits per heavy atom. The molecule has 20 heavy (non-hydrogen) atoms. The van der Waals surface area contributed by atoms with Gasteiger partial charge in [-0.1, -0.05) is 58.9 Å². The third-order valence-corrected chi connectivity index (χ3v) is 2.94. The van der Waals surface area contributed by atoms with Gasteiger partial charge < -0.3 is 11.1 Å². The number of halogens is 1. The average molecular weight is 389 g/mol. The second kappa shape index (κ2) is 8.49. The maximum Gasteiger partial charge on any atom is 0.188 e. The Morgan fingerprint density at radius 3 is 2.20 bits per heavy atom. The molecule has 1 aromatic carbocycles. The minimum absolute atomic E-state index is 0. The second-order valence-corrected chi connectivity index (χ2v) is 6.42. The van der Waals surface area contributed by atoms with Gasteiger partial charge in [0.25, 0.3) is 0 Å². The van der Waals surface area contributed by atoms with E-state index in [1.54, 1.807) is 0 Å². The lowest BCUT2D eigenvalue weighted by molar-refractivity contribution is 0.590. The molecule has 114 valence electrons. The van der Waals surface area contributed by atoms with E-state index in [9.17, 15) is 0 Å². The quantitative estimate of drug-likeness (QED) is 0.469. The Labute approximate surface area is 140 Å². The number of rotatable bonds is 4. The molecule has 0 fully saturated rings. The Kier molecular flexibility index (Phi) is 8.16. The number of benzene rings is 1.